The molecule has 1 aromatic rings. The molecule has 0 aliphatic heterocycles. The van der Waals surface area contributed by atoms with Gasteiger partial charge >= 0.3 is 0 Å². The molecule has 0 unspecified atom stereocenters. The second-order valence-electron chi connectivity index (χ2n) is 1.93. The third-order valence-electron chi connectivity index (χ3n) is 1.29. The summed E-state index contributed by atoms with van der Waals surface area (Å²) in [5.41, 5.74) is 0.841. The number of ether oxygens (including phenoxy) is 1. The highest BCUT2D eigenvalue weighted by molar-refractivity contribution is 6.17. The minimum atomic E-state index is 0.151. The van der Waals surface area contributed by atoms with Crippen molar-refractivity contribution < 1.29 is 9.73 Å². The molecule has 0 amide bonds. The van der Waals surface area contributed by atoms with Gasteiger partial charge in [-0.3, -0.25) is 0 Å². The Morgan fingerprint density at radius 1 is 1.38 bits per heavy atom. The first-order valence-electron chi connectivity index (χ1n) is 4.19. The summed E-state index contributed by atoms with van der Waals surface area (Å²) in [6, 6.07) is 7.63. The molecule has 1 aromatic carbocycles. The van der Waals surface area contributed by atoms with Gasteiger partial charge in [-0.25, -0.2) is 4.99 Å². The molecule has 1 N–H and O–H groups in total. The number of benzene rings is 1. The van der Waals surface area contributed by atoms with Gasteiger partial charge in [0.1, 0.15) is 6.72 Å². The Labute approximate surface area is 84.2 Å². The molecule has 3 heteroatoms. The molecule has 2 nitrogen and oxygen atoms in total. The maximum atomic E-state index is 5.39. The van der Waals surface area contributed by atoms with E-state index in [-0.39, 0.29) is 6.07 Å². The number of hydrogen-bond donors (Lipinski definition) is 1. The van der Waals surface area contributed by atoms with Crippen LogP contribution in [0.15, 0.2) is 24.3 Å². The number of nitrogens with one attached hydrogen (secondary N) is 1. The summed E-state index contributed by atoms with van der Waals surface area (Å²) in [7, 11) is 0. The molecule has 0 atom stereocenters. The quantitative estimate of drug-likeness (QED) is 0.583. The fourth-order valence-corrected chi connectivity index (χ4v) is 0.915. The Hall–Kier alpha value is -1.02. The lowest BCUT2D eigenvalue weighted by molar-refractivity contribution is -0.343. The van der Waals surface area contributed by atoms with E-state index in [4.69, 9.17) is 16.3 Å². The molecule has 0 spiro atoms. The number of hydrogen-bond acceptors (Lipinski definition) is 1. The minimum absolute atomic E-state index is 0.151. The molecule has 0 fully saturated rings. The van der Waals surface area contributed by atoms with E-state index in [2.05, 4.69) is 11.7 Å². The van der Waals surface area contributed by atoms with E-state index in [1.54, 1.807) is 0 Å². The van der Waals surface area contributed by atoms with Gasteiger partial charge in [-0.2, -0.15) is 0 Å². The Morgan fingerprint density at radius 2 is 2.00 bits per heavy atom. The van der Waals surface area contributed by atoms with Gasteiger partial charge in [-0.15, -0.1) is 0 Å². The SMILES string of the molecule is C=[NH+]c1ccccc1OCCl.CC. The largest absolute Gasteiger partial charge is 0.471 e. The van der Waals surface area contributed by atoms with Crippen molar-refractivity contribution in [2.45, 2.75) is 13.8 Å². The van der Waals surface area contributed by atoms with E-state index in [0.717, 1.165) is 11.4 Å². The zero-order chi connectivity index (χ0) is 10.1. The maximum absolute atomic E-state index is 5.39. The number of alkyl halides is 1. The van der Waals surface area contributed by atoms with Crippen LogP contribution in [0.5, 0.6) is 5.75 Å². The summed E-state index contributed by atoms with van der Waals surface area (Å²) in [6.07, 6.45) is 0. The van der Waals surface area contributed by atoms with Gasteiger partial charge < -0.3 is 4.74 Å². The third kappa shape index (κ3) is 3.95. The number of para-hydroxylation sites is 2. The molecule has 0 saturated heterocycles. The van der Waals surface area contributed by atoms with Crippen LogP contribution in [0.25, 0.3) is 0 Å². The van der Waals surface area contributed by atoms with Crippen LogP contribution in [-0.2, 0) is 0 Å². The molecule has 0 saturated carbocycles. The molecule has 0 aliphatic carbocycles. The minimum Gasteiger partial charge on any atom is -0.471 e. The lowest BCUT2D eigenvalue weighted by Gasteiger charge is -1.99. The Morgan fingerprint density at radius 3 is 2.54 bits per heavy atom. The lowest BCUT2D eigenvalue weighted by Crippen LogP contribution is -2.57. The molecule has 13 heavy (non-hydrogen) atoms. The topological polar surface area (TPSA) is 23.2 Å². The van der Waals surface area contributed by atoms with Crippen LogP contribution in [0.3, 0.4) is 0 Å². The fraction of sp³-hybridized carbons (Fsp3) is 0.300. The number of rotatable bonds is 3. The molecular weight excluding hydrogens is 186 g/mol. The predicted octanol–water partition coefficient (Wildman–Crippen LogP) is 1.70. The molecule has 1 rings (SSSR count). The van der Waals surface area contributed by atoms with Crippen LogP contribution >= 0.6 is 11.6 Å². The first-order chi connectivity index (χ1) is 6.38. The molecule has 0 heterocycles. The van der Waals surface area contributed by atoms with E-state index in [9.17, 15) is 0 Å². The van der Waals surface area contributed by atoms with Crippen molar-refractivity contribution in [3.63, 3.8) is 0 Å². The average Bonchev–Trinajstić information content (AvgIpc) is 2.22. The third-order valence-corrected chi connectivity index (χ3v) is 1.40. The van der Waals surface area contributed by atoms with E-state index in [1.165, 1.54) is 0 Å². The van der Waals surface area contributed by atoms with Crippen LogP contribution in [0.1, 0.15) is 13.8 Å². The monoisotopic (exact) mass is 200 g/mol. The van der Waals surface area contributed by atoms with Crippen LogP contribution in [0, 0.1) is 0 Å². The summed E-state index contributed by atoms with van der Waals surface area (Å²) >= 11 is 5.39. The van der Waals surface area contributed by atoms with E-state index >= 15 is 0 Å². The van der Waals surface area contributed by atoms with Gasteiger partial charge in [0.05, 0.1) is 0 Å². The van der Waals surface area contributed by atoms with Gasteiger partial charge in [-0.05, 0) is 6.07 Å². The van der Waals surface area contributed by atoms with Crippen molar-refractivity contribution in [3.05, 3.63) is 24.3 Å². The van der Waals surface area contributed by atoms with E-state index in [0.29, 0.717) is 0 Å². The van der Waals surface area contributed by atoms with Crippen molar-refractivity contribution in [2.24, 2.45) is 0 Å². The van der Waals surface area contributed by atoms with Gasteiger partial charge in [0.2, 0.25) is 5.69 Å². The molecule has 72 valence electrons. The smallest absolute Gasteiger partial charge is 0.245 e. The summed E-state index contributed by atoms with van der Waals surface area (Å²) in [4.78, 5) is 2.75. The van der Waals surface area contributed by atoms with Crippen molar-refractivity contribution in [1.29, 1.82) is 0 Å². The normalized spacial score (nSPS) is 8.23. The molecule has 0 aliphatic rings. The average molecular weight is 201 g/mol. The summed E-state index contributed by atoms with van der Waals surface area (Å²) in [5, 5.41) is 0. The lowest BCUT2D eigenvalue weighted by atomic mass is 10.3. The summed E-state index contributed by atoms with van der Waals surface area (Å²) < 4.78 is 5.09. The first-order valence-corrected chi connectivity index (χ1v) is 4.73. The molecule has 0 radical (unpaired) electrons. The highest BCUT2D eigenvalue weighted by Crippen LogP contribution is 2.18. The van der Waals surface area contributed by atoms with E-state index in [1.807, 2.05) is 38.1 Å². The maximum Gasteiger partial charge on any atom is 0.245 e. The second kappa shape index (κ2) is 7.62. The van der Waals surface area contributed by atoms with Crippen LogP contribution in [0.4, 0.5) is 5.69 Å². The van der Waals surface area contributed by atoms with Gasteiger partial charge in [0.15, 0.2) is 11.8 Å². The Bertz CT molecular complexity index is 250. The van der Waals surface area contributed by atoms with Crippen molar-refractivity contribution in [1.82, 2.24) is 0 Å². The Balaban J connectivity index is 0.000000671. The van der Waals surface area contributed by atoms with Crippen LogP contribution < -0.4 is 9.73 Å². The molecular formula is C10H15ClNO+. The summed E-state index contributed by atoms with van der Waals surface area (Å²) in [6.45, 7) is 7.53. The standard InChI is InChI=1S/C8H8ClNO.C2H6/c1-10-7-4-2-3-5-8(7)11-6-9;1-2/h2-5H,1,6H2;1-2H3/p+1. The van der Waals surface area contributed by atoms with Gasteiger partial charge in [0.25, 0.3) is 0 Å². The summed E-state index contributed by atoms with van der Waals surface area (Å²) in [5.74, 6) is 0.720. The highest BCUT2D eigenvalue weighted by Gasteiger charge is 2.02. The zero-order valence-electron chi connectivity index (χ0n) is 8.01. The van der Waals surface area contributed by atoms with Crippen LogP contribution in [0.2, 0.25) is 0 Å². The van der Waals surface area contributed by atoms with Crippen LogP contribution in [-0.4, -0.2) is 12.8 Å². The van der Waals surface area contributed by atoms with Gasteiger partial charge in [-0.1, -0.05) is 37.6 Å². The van der Waals surface area contributed by atoms with Crippen molar-refractivity contribution in [2.75, 3.05) is 6.07 Å². The molecule has 0 aromatic heterocycles. The van der Waals surface area contributed by atoms with Gasteiger partial charge in [0, 0.05) is 6.07 Å². The Kier molecular flexibility index (Phi) is 7.02. The second-order valence-corrected chi connectivity index (χ2v) is 2.14. The highest BCUT2D eigenvalue weighted by atomic mass is 35.5. The predicted molar refractivity (Wildman–Crippen MR) is 56.9 cm³/mol. The van der Waals surface area contributed by atoms with E-state index < -0.39 is 0 Å². The first kappa shape index (κ1) is 12.0. The number of halogens is 1. The van der Waals surface area contributed by atoms with Crippen molar-refractivity contribution in [3.8, 4) is 5.75 Å². The van der Waals surface area contributed by atoms with Crippen molar-refractivity contribution >= 4 is 24.0 Å². The zero-order valence-corrected chi connectivity index (χ0v) is 8.77. The molecule has 0 bridgehead atoms. The fourth-order valence-electron chi connectivity index (χ4n) is 0.797.